The molecule has 1 N–H and O–H groups in total. The standard InChI is InChI=1S/C17H26FN/c1-4-16(14-8-6-9-15(18)11-14)19-17-10-5-7-12(2)13(17)3/h6,8-9,11-13,16-17,19H,4-5,7,10H2,1-3H3. The SMILES string of the molecule is CCC(NC1CCCC(C)C1C)c1cccc(F)c1. The topological polar surface area (TPSA) is 12.0 Å². The molecule has 4 atom stereocenters. The molecule has 19 heavy (non-hydrogen) atoms. The molecule has 0 amide bonds. The average molecular weight is 263 g/mol. The Morgan fingerprint density at radius 1 is 1.32 bits per heavy atom. The highest BCUT2D eigenvalue weighted by Gasteiger charge is 2.28. The molecule has 4 unspecified atom stereocenters. The summed E-state index contributed by atoms with van der Waals surface area (Å²) in [6.45, 7) is 6.86. The van der Waals surface area contributed by atoms with Crippen molar-refractivity contribution in [3.8, 4) is 0 Å². The van der Waals surface area contributed by atoms with Gasteiger partial charge in [0.1, 0.15) is 5.82 Å². The fraction of sp³-hybridized carbons (Fsp3) is 0.647. The molecule has 0 heterocycles. The predicted molar refractivity (Wildman–Crippen MR) is 78.5 cm³/mol. The van der Waals surface area contributed by atoms with Gasteiger partial charge < -0.3 is 5.32 Å². The van der Waals surface area contributed by atoms with Gasteiger partial charge in [0.2, 0.25) is 0 Å². The molecule has 0 spiro atoms. The van der Waals surface area contributed by atoms with Gasteiger partial charge in [-0.1, -0.05) is 45.7 Å². The van der Waals surface area contributed by atoms with Crippen molar-refractivity contribution in [3.05, 3.63) is 35.6 Å². The van der Waals surface area contributed by atoms with Gasteiger partial charge in [0.25, 0.3) is 0 Å². The number of rotatable bonds is 4. The van der Waals surface area contributed by atoms with E-state index in [0.717, 1.165) is 17.9 Å². The molecule has 1 nitrogen and oxygen atoms in total. The minimum atomic E-state index is -0.136. The lowest BCUT2D eigenvalue weighted by atomic mass is 9.77. The zero-order valence-electron chi connectivity index (χ0n) is 12.3. The van der Waals surface area contributed by atoms with Gasteiger partial charge in [0.05, 0.1) is 0 Å². The highest BCUT2D eigenvalue weighted by molar-refractivity contribution is 5.20. The van der Waals surface area contributed by atoms with Crippen LogP contribution in [0.15, 0.2) is 24.3 Å². The Kier molecular flexibility index (Phi) is 4.98. The Bertz CT molecular complexity index is 404. The molecule has 1 aliphatic rings. The number of nitrogens with one attached hydrogen (secondary N) is 1. The Morgan fingerprint density at radius 2 is 2.11 bits per heavy atom. The van der Waals surface area contributed by atoms with E-state index in [1.807, 2.05) is 12.1 Å². The third-order valence-electron chi connectivity index (χ3n) is 4.78. The molecule has 1 saturated carbocycles. The van der Waals surface area contributed by atoms with Gasteiger partial charge in [-0.25, -0.2) is 4.39 Å². The summed E-state index contributed by atoms with van der Waals surface area (Å²) in [5.41, 5.74) is 1.08. The van der Waals surface area contributed by atoms with Crippen molar-refractivity contribution < 1.29 is 4.39 Å². The molecule has 1 aromatic carbocycles. The summed E-state index contributed by atoms with van der Waals surface area (Å²) < 4.78 is 13.4. The van der Waals surface area contributed by atoms with Crippen molar-refractivity contribution >= 4 is 0 Å². The Labute approximate surface area is 116 Å². The van der Waals surface area contributed by atoms with Crippen LogP contribution in [-0.2, 0) is 0 Å². The van der Waals surface area contributed by atoms with Gasteiger partial charge in [0.15, 0.2) is 0 Å². The second kappa shape index (κ2) is 6.51. The zero-order chi connectivity index (χ0) is 13.8. The second-order valence-corrected chi connectivity index (χ2v) is 6.06. The summed E-state index contributed by atoms with van der Waals surface area (Å²) >= 11 is 0. The van der Waals surface area contributed by atoms with Crippen LogP contribution in [0.3, 0.4) is 0 Å². The van der Waals surface area contributed by atoms with Crippen molar-refractivity contribution in [3.63, 3.8) is 0 Å². The Morgan fingerprint density at radius 3 is 2.79 bits per heavy atom. The highest BCUT2D eigenvalue weighted by Crippen LogP contribution is 2.31. The molecular formula is C17H26FN. The van der Waals surface area contributed by atoms with Crippen molar-refractivity contribution in [2.24, 2.45) is 11.8 Å². The van der Waals surface area contributed by atoms with Gasteiger partial charge in [-0.3, -0.25) is 0 Å². The average Bonchev–Trinajstić information content (AvgIpc) is 2.40. The molecule has 0 saturated heterocycles. The van der Waals surface area contributed by atoms with E-state index in [4.69, 9.17) is 0 Å². The maximum Gasteiger partial charge on any atom is 0.123 e. The van der Waals surface area contributed by atoms with Crippen LogP contribution in [0.4, 0.5) is 4.39 Å². The second-order valence-electron chi connectivity index (χ2n) is 6.06. The Balaban J connectivity index is 2.06. The first-order valence-corrected chi connectivity index (χ1v) is 7.63. The molecule has 106 valence electrons. The quantitative estimate of drug-likeness (QED) is 0.831. The lowest BCUT2D eigenvalue weighted by Crippen LogP contribution is -2.42. The summed E-state index contributed by atoms with van der Waals surface area (Å²) in [6, 6.07) is 7.85. The summed E-state index contributed by atoms with van der Waals surface area (Å²) in [7, 11) is 0. The number of hydrogen-bond donors (Lipinski definition) is 1. The monoisotopic (exact) mass is 263 g/mol. The molecule has 1 fully saturated rings. The first-order valence-electron chi connectivity index (χ1n) is 7.63. The van der Waals surface area contributed by atoms with E-state index in [1.54, 1.807) is 6.07 Å². The lowest BCUT2D eigenvalue weighted by molar-refractivity contribution is 0.192. The van der Waals surface area contributed by atoms with E-state index in [9.17, 15) is 4.39 Å². The van der Waals surface area contributed by atoms with Crippen LogP contribution in [0.5, 0.6) is 0 Å². The van der Waals surface area contributed by atoms with Crippen molar-refractivity contribution in [1.29, 1.82) is 0 Å². The van der Waals surface area contributed by atoms with E-state index >= 15 is 0 Å². The van der Waals surface area contributed by atoms with Crippen LogP contribution in [0.2, 0.25) is 0 Å². The smallest absolute Gasteiger partial charge is 0.123 e. The number of halogens is 1. The minimum Gasteiger partial charge on any atom is -0.307 e. The molecule has 2 heteroatoms. The molecule has 0 bridgehead atoms. The van der Waals surface area contributed by atoms with Crippen molar-refractivity contribution in [2.45, 2.75) is 58.5 Å². The van der Waals surface area contributed by atoms with Crippen LogP contribution < -0.4 is 5.32 Å². The number of benzene rings is 1. The fourth-order valence-corrected chi connectivity index (χ4v) is 3.25. The van der Waals surface area contributed by atoms with Crippen molar-refractivity contribution in [1.82, 2.24) is 5.32 Å². The van der Waals surface area contributed by atoms with Crippen LogP contribution in [0.25, 0.3) is 0 Å². The molecule has 0 aromatic heterocycles. The summed E-state index contributed by atoms with van der Waals surface area (Å²) in [5.74, 6) is 1.36. The van der Waals surface area contributed by atoms with Gasteiger partial charge in [-0.15, -0.1) is 0 Å². The van der Waals surface area contributed by atoms with E-state index in [1.165, 1.54) is 25.3 Å². The van der Waals surface area contributed by atoms with Crippen LogP contribution in [-0.4, -0.2) is 6.04 Å². The molecule has 0 radical (unpaired) electrons. The van der Waals surface area contributed by atoms with Gasteiger partial charge >= 0.3 is 0 Å². The minimum absolute atomic E-state index is 0.136. The first kappa shape index (κ1) is 14.5. The van der Waals surface area contributed by atoms with Crippen LogP contribution in [0.1, 0.15) is 58.1 Å². The maximum atomic E-state index is 13.4. The molecule has 0 aliphatic heterocycles. The maximum absolute atomic E-state index is 13.4. The van der Waals surface area contributed by atoms with Crippen LogP contribution in [0, 0.1) is 17.7 Å². The third-order valence-corrected chi connectivity index (χ3v) is 4.78. The summed E-state index contributed by atoms with van der Waals surface area (Å²) in [4.78, 5) is 0. The van der Waals surface area contributed by atoms with Gasteiger partial charge in [-0.2, -0.15) is 0 Å². The van der Waals surface area contributed by atoms with Crippen molar-refractivity contribution in [2.75, 3.05) is 0 Å². The van der Waals surface area contributed by atoms with E-state index in [2.05, 4.69) is 26.1 Å². The normalized spacial score (nSPS) is 29.2. The third kappa shape index (κ3) is 3.56. The largest absolute Gasteiger partial charge is 0.307 e. The fourth-order valence-electron chi connectivity index (χ4n) is 3.25. The Hall–Kier alpha value is -0.890. The van der Waals surface area contributed by atoms with E-state index in [0.29, 0.717) is 12.0 Å². The first-order chi connectivity index (χ1) is 9.11. The number of hydrogen-bond acceptors (Lipinski definition) is 1. The van der Waals surface area contributed by atoms with Gasteiger partial charge in [-0.05, 0) is 42.4 Å². The van der Waals surface area contributed by atoms with Gasteiger partial charge in [0, 0.05) is 12.1 Å². The molecule has 1 aliphatic carbocycles. The summed E-state index contributed by atoms with van der Waals surface area (Å²) in [6.07, 6.45) is 4.90. The zero-order valence-corrected chi connectivity index (χ0v) is 12.3. The van der Waals surface area contributed by atoms with E-state index < -0.39 is 0 Å². The highest BCUT2D eigenvalue weighted by atomic mass is 19.1. The summed E-state index contributed by atoms with van der Waals surface area (Å²) in [5, 5.41) is 3.76. The lowest BCUT2D eigenvalue weighted by Gasteiger charge is -2.37. The molecule has 2 rings (SSSR count). The molecular weight excluding hydrogens is 237 g/mol. The predicted octanol–water partition coefficient (Wildman–Crippen LogP) is 4.69. The molecule has 1 aromatic rings. The van der Waals surface area contributed by atoms with Crippen LogP contribution >= 0.6 is 0 Å². The van der Waals surface area contributed by atoms with E-state index in [-0.39, 0.29) is 11.9 Å².